The van der Waals surface area contributed by atoms with Gasteiger partial charge in [-0.05, 0) is 24.3 Å². The molecule has 1 fully saturated rings. The summed E-state index contributed by atoms with van der Waals surface area (Å²) >= 11 is 0. The molecule has 0 unspecified atom stereocenters. The first-order valence-corrected chi connectivity index (χ1v) is 8.72. The third kappa shape index (κ3) is 3.51. The molecule has 4 rings (SSSR count). The molecule has 28 heavy (non-hydrogen) atoms. The lowest BCUT2D eigenvalue weighted by Gasteiger charge is -2.18. The van der Waals surface area contributed by atoms with Gasteiger partial charge >= 0.3 is 6.03 Å². The number of carbonyl (C=O) groups is 2. The number of nitrogens with one attached hydrogen (secondary N) is 1. The fraction of sp³-hybridized carbons (Fsp3) is 0.211. The van der Waals surface area contributed by atoms with Crippen molar-refractivity contribution in [1.82, 2.24) is 19.6 Å². The number of nitrogens with zero attached hydrogens (tertiary/aromatic N) is 4. The topological polar surface area (TPSA) is 70.0 Å². The van der Waals surface area contributed by atoms with Gasteiger partial charge in [0.15, 0.2) is 11.6 Å². The van der Waals surface area contributed by atoms with Crippen molar-refractivity contribution in [2.45, 2.75) is 6.54 Å². The fourth-order valence-corrected chi connectivity index (χ4v) is 3.11. The number of fused-ring (bicyclic) bond motifs is 1. The molecule has 3 aromatic rings. The van der Waals surface area contributed by atoms with Gasteiger partial charge in [-0.3, -0.25) is 9.69 Å². The Balaban J connectivity index is 1.34. The summed E-state index contributed by atoms with van der Waals surface area (Å²) in [5.41, 5.74) is 1.75. The molecule has 144 valence electrons. The van der Waals surface area contributed by atoms with Crippen molar-refractivity contribution in [3.05, 3.63) is 66.1 Å². The molecule has 0 radical (unpaired) electrons. The van der Waals surface area contributed by atoms with Gasteiger partial charge in [0.25, 0.3) is 0 Å². The highest BCUT2D eigenvalue weighted by atomic mass is 19.2. The molecule has 3 heterocycles. The summed E-state index contributed by atoms with van der Waals surface area (Å²) in [4.78, 5) is 31.7. The number of carbonyl (C=O) groups excluding carboxylic acids is 2. The van der Waals surface area contributed by atoms with Crippen molar-refractivity contribution < 1.29 is 18.4 Å². The molecule has 2 aromatic heterocycles. The number of urea groups is 1. The zero-order valence-electron chi connectivity index (χ0n) is 14.8. The molecule has 1 N–H and O–H groups in total. The first-order chi connectivity index (χ1) is 13.5. The molecular formula is C19H17F2N5O2. The number of hydrogen-bond donors (Lipinski definition) is 1. The Morgan fingerprint density at radius 3 is 2.79 bits per heavy atom. The molecular weight excluding hydrogens is 368 g/mol. The Bertz CT molecular complexity index is 1020. The van der Waals surface area contributed by atoms with E-state index in [1.807, 2.05) is 35.0 Å². The van der Waals surface area contributed by atoms with Crippen LogP contribution in [-0.2, 0) is 11.3 Å². The van der Waals surface area contributed by atoms with Gasteiger partial charge in [-0.25, -0.2) is 18.6 Å². The average molecular weight is 385 g/mol. The van der Waals surface area contributed by atoms with Crippen LogP contribution in [0.1, 0.15) is 5.69 Å². The van der Waals surface area contributed by atoms with Gasteiger partial charge in [0.05, 0.1) is 12.2 Å². The van der Waals surface area contributed by atoms with Crippen LogP contribution < -0.4 is 10.2 Å². The normalized spacial score (nSPS) is 14.1. The predicted molar refractivity (Wildman–Crippen MR) is 97.7 cm³/mol. The van der Waals surface area contributed by atoms with Crippen molar-refractivity contribution in [2.24, 2.45) is 0 Å². The number of halogens is 2. The minimum absolute atomic E-state index is 0.119. The van der Waals surface area contributed by atoms with Gasteiger partial charge < -0.3 is 14.6 Å². The largest absolute Gasteiger partial charge is 0.349 e. The lowest BCUT2D eigenvalue weighted by molar-refractivity contribution is -0.121. The maximum absolute atomic E-state index is 13.4. The average Bonchev–Trinajstić information content (AvgIpc) is 3.26. The predicted octanol–water partition coefficient (Wildman–Crippen LogP) is 2.17. The first kappa shape index (κ1) is 17.9. The Labute approximate surface area is 159 Å². The molecule has 1 saturated heterocycles. The van der Waals surface area contributed by atoms with E-state index >= 15 is 0 Å². The number of imidazole rings is 1. The van der Waals surface area contributed by atoms with Crippen LogP contribution in [0.3, 0.4) is 0 Å². The third-order valence-corrected chi connectivity index (χ3v) is 4.52. The summed E-state index contributed by atoms with van der Waals surface area (Å²) in [6.45, 7) is 0.741. The highest BCUT2D eigenvalue weighted by molar-refractivity contribution is 5.96. The minimum Gasteiger partial charge on any atom is -0.349 e. The van der Waals surface area contributed by atoms with Crippen molar-refractivity contribution in [2.75, 3.05) is 24.5 Å². The van der Waals surface area contributed by atoms with E-state index < -0.39 is 17.7 Å². The van der Waals surface area contributed by atoms with Crippen LogP contribution in [0.2, 0.25) is 0 Å². The second-order valence-corrected chi connectivity index (χ2v) is 6.43. The zero-order valence-corrected chi connectivity index (χ0v) is 14.8. The van der Waals surface area contributed by atoms with Gasteiger partial charge in [-0.2, -0.15) is 0 Å². The number of hydrogen-bond acceptors (Lipinski definition) is 3. The van der Waals surface area contributed by atoms with Crippen LogP contribution >= 0.6 is 0 Å². The highest BCUT2D eigenvalue weighted by Gasteiger charge is 2.31. The molecule has 1 aliphatic rings. The smallest absolute Gasteiger partial charge is 0.325 e. The van der Waals surface area contributed by atoms with Crippen LogP contribution in [0, 0.1) is 11.6 Å². The third-order valence-electron chi connectivity index (χ3n) is 4.52. The second-order valence-electron chi connectivity index (χ2n) is 6.43. The SMILES string of the molecule is O=C(CN1CCN(c2ccc(F)c(F)c2)C1=O)NCc1cn2ccccc2n1. The molecule has 0 saturated carbocycles. The van der Waals surface area contributed by atoms with E-state index in [0.717, 1.165) is 17.8 Å². The van der Waals surface area contributed by atoms with E-state index in [2.05, 4.69) is 10.3 Å². The summed E-state index contributed by atoms with van der Waals surface area (Å²) in [6.07, 6.45) is 3.69. The molecule has 0 aliphatic carbocycles. The van der Waals surface area contributed by atoms with Gasteiger partial charge in [-0.1, -0.05) is 6.07 Å². The summed E-state index contributed by atoms with van der Waals surface area (Å²) < 4.78 is 28.3. The lowest BCUT2D eigenvalue weighted by atomic mass is 10.3. The van der Waals surface area contributed by atoms with Crippen molar-refractivity contribution in [1.29, 1.82) is 0 Å². The summed E-state index contributed by atoms with van der Waals surface area (Å²) in [7, 11) is 0. The van der Waals surface area contributed by atoms with Gasteiger partial charge in [0, 0.05) is 37.2 Å². The number of pyridine rings is 1. The molecule has 3 amide bonds. The summed E-state index contributed by atoms with van der Waals surface area (Å²) in [5, 5.41) is 2.74. The molecule has 0 spiro atoms. The van der Waals surface area contributed by atoms with E-state index in [1.165, 1.54) is 15.9 Å². The second kappa shape index (κ2) is 7.26. The van der Waals surface area contributed by atoms with E-state index in [-0.39, 0.29) is 24.7 Å². The zero-order chi connectivity index (χ0) is 19.7. The van der Waals surface area contributed by atoms with E-state index in [0.29, 0.717) is 18.8 Å². The van der Waals surface area contributed by atoms with Gasteiger partial charge in [0.1, 0.15) is 12.2 Å². The monoisotopic (exact) mass is 385 g/mol. The van der Waals surface area contributed by atoms with Crippen molar-refractivity contribution >= 4 is 23.3 Å². The van der Waals surface area contributed by atoms with E-state index in [9.17, 15) is 18.4 Å². The number of aromatic nitrogens is 2. The number of rotatable bonds is 5. The molecule has 9 heteroatoms. The summed E-state index contributed by atoms with van der Waals surface area (Å²) in [6, 6.07) is 8.48. The maximum Gasteiger partial charge on any atom is 0.325 e. The molecule has 0 atom stereocenters. The van der Waals surface area contributed by atoms with E-state index in [1.54, 1.807) is 0 Å². The maximum atomic E-state index is 13.4. The molecule has 0 bridgehead atoms. The Hall–Kier alpha value is -3.49. The van der Waals surface area contributed by atoms with Crippen LogP contribution in [0.15, 0.2) is 48.8 Å². The molecule has 1 aliphatic heterocycles. The molecule has 7 nitrogen and oxygen atoms in total. The van der Waals surface area contributed by atoms with Gasteiger partial charge in [0.2, 0.25) is 5.91 Å². The first-order valence-electron chi connectivity index (χ1n) is 8.72. The number of anilines is 1. The fourth-order valence-electron chi connectivity index (χ4n) is 3.11. The standard InChI is InChI=1S/C19H17F2N5O2/c20-15-5-4-14(9-16(15)21)26-8-7-25(19(26)28)12-18(27)22-10-13-11-24-6-2-1-3-17(24)23-13/h1-6,9,11H,7-8,10,12H2,(H,22,27). The van der Waals surface area contributed by atoms with Crippen LogP contribution in [-0.4, -0.2) is 45.9 Å². The van der Waals surface area contributed by atoms with E-state index in [4.69, 9.17) is 0 Å². The van der Waals surface area contributed by atoms with Gasteiger partial charge in [-0.15, -0.1) is 0 Å². The Kier molecular flexibility index (Phi) is 4.64. The van der Waals surface area contributed by atoms with Crippen molar-refractivity contribution in [3.8, 4) is 0 Å². The Morgan fingerprint density at radius 2 is 2.00 bits per heavy atom. The van der Waals surface area contributed by atoms with Crippen LogP contribution in [0.5, 0.6) is 0 Å². The Morgan fingerprint density at radius 1 is 1.14 bits per heavy atom. The lowest BCUT2D eigenvalue weighted by Crippen LogP contribution is -2.39. The summed E-state index contributed by atoms with van der Waals surface area (Å²) in [5.74, 6) is -2.31. The van der Waals surface area contributed by atoms with Crippen LogP contribution in [0.25, 0.3) is 5.65 Å². The quantitative estimate of drug-likeness (QED) is 0.732. The molecule has 1 aromatic carbocycles. The number of benzene rings is 1. The highest BCUT2D eigenvalue weighted by Crippen LogP contribution is 2.22. The number of amides is 3. The van der Waals surface area contributed by atoms with Crippen molar-refractivity contribution in [3.63, 3.8) is 0 Å². The minimum atomic E-state index is -1.02. The van der Waals surface area contributed by atoms with Crippen LogP contribution in [0.4, 0.5) is 19.3 Å².